The number of halogens is 3. The first-order valence-corrected chi connectivity index (χ1v) is 8.01. The number of alkyl halides is 3. The first-order chi connectivity index (χ1) is 10.8. The van der Waals surface area contributed by atoms with Crippen LogP contribution in [0.2, 0.25) is 0 Å². The summed E-state index contributed by atoms with van der Waals surface area (Å²) < 4.78 is 38.1. The number of aryl methyl sites for hydroxylation is 1. The van der Waals surface area contributed by atoms with Crippen LogP contribution in [0.5, 0.6) is 0 Å². The van der Waals surface area contributed by atoms with Crippen molar-refractivity contribution in [2.75, 3.05) is 22.9 Å². The second-order valence-corrected chi connectivity index (χ2v) is 6.06. The third-order valence-corrected chi connectivity index (χ3v) is 4.41. The van der Waals surface area contributed by atoms with Crippen LogP contribution in [0.25, 0.3) is 0 Å². The summed E-state index contributed by atoms with van der Waals surface area (Å²) in [6, 6.07) is 5.53. The molecule has 0 spiro atoms. The van der Waals surface area contributed by atoms with Gasteiger partial charge < -0.3 is 9.80 Å². The number of carbonyl (C=O) groups excluding carboxylic acids is 1. The fourth-order valence-corrected chi connectivity index (χ4v) is 3.18. The van der Waals surface area contributed by atoms with Crippen LogP contribution in [0.1, 0.15) is 38.7 Å². The van der Waals surface area contributed by atoms with Crippen molar-refractivity contribution < 1.29 is 18.0 Å². The van der Waals surface area contributed by atoms with E-state index in [0.717, 1.165) is 35.5 Å². The molecule has 23 heavy (non-hydrogen) atoms. The Bertz CT molecular complexity index is 571. The Morgan fingerprint density at radius 1 is 1.35 bits per heavy atom. The highest BCUT2D eigenvalue weighted by Gasteiger charge is 2.42. The molecule has 3 nitrogen and oxygen atoms in total. The number of amides is 1. The molecule has 0 N–H and O–H groups in total. The quantitative estimate of drug-likeness (QED) is 0.826. The number of anilines is 2. The molecule has 0 radical (unpaired) electrons. The van der Waals surface area contributed by atoms with E-state index >= 15 is 0 Å². The summed E-state index contributed by atoms with van der Waals surface area (Å²) in [5, 5.41) is 0. The predicted octanol–water partition coefficient (Wildman–Crippen LogP) is 4.29. The highest BCUT2D eigenvalue weighted by molar-refractivity contribution is 5.97. The second-order valence-electron chi connectivity index (χ2n) is 6.06. The summed E-state index contributed by atoms with van der Waals surface area (Å²) in [7, 11) is 0. The second kappa shape index (κ2) is 6.81. The molecule has 1 amide bonds. The molecule has 1 aliphatic heterocycles. The molecule has 1 aromatic rings. The van der Waals surface area contributed by atoms with Gasteiger partial charge in [0, 0.05) is 30.5 Å². The minimum Gasteiger partial charge on any atom is -0.369 e. The van der Waals surface area contributed by atoms with Crippen molar-refractivity contribution in [1.82, 2.24) is 0 Å². The van der Waals surface area contributed by atoms with E-state index in [1.807, 2.05) is 13.0 Å². The molecule has 1 atom stereocenters. The van der Waals surface area contributed by atoms with E-state index in [1.165, 1.54) is 6.42 Å². The smallest absolute Gasteiger partial charge is 0.369 e. The molecule has 1 aliphatic rings. The van der Waals surface area contributed by atoms with Gasteiger partial charge in [-0.1, -0.05) is 0 Å². The van der Waals surface area contributed by atoms with Crippen molar-refractivity contribution in [3.05, 3.63) is 23.8 Å². The first kappa shape index (κ1) is 17.6. The number of hydrogen-bond donors (Lipinski definition) is 0. The van der Waals surface area contributed by atoms with Crippen LogP contribution < -0.4 is 9.80 Å². The molecule has 0 unspecified atom stereocenters. The van der Waals surface area contributed by atoms with Gasteiger partial charge in [-0.15, -0.1) is 0 Å². The maximum atomic E-state index is 12.7. The molecule has 0 aromatic heterocycles. The molecule has 0 aliphatic carbocycles. The number of piperidine rings is 1. The van der Waals surface area contributed by atoms with Crippen LogP contribution in [0.3, 0.4) is 0 Å². The maximum Gasteiger partial charge on any atom is 0.471 e. The fourth-order valence-electron chi connectivity index (χ4n) is 3.18. The van der Waals surface area contributed by atoms with Crippen LogP contribution >= 0.6 is 0 Å². The predicted molar refractivity (Wildman–Crippen MR) is 85.9 cm³/mol. The lowest BCUT2D eigenvalue weighted by molar-refractivity contribution is -0.170. The Hall–Kier alpha value is -1.72. The summed E-state index contributed by atoms with van der Waals surface area (Å²) in [5.41, 5.74) is 2.22. The largest absolute Gasteiger partial charge is 0.471 e. The van der Waals surface area contributed by atoms with Crippen molar-refractivity contribution in [3.63, 3.8) is 0 Å². The van der Waals surface area contributed by atoms with Gasteiger partial charge >= 0.3 is 12.1 Å². The van der Waals surface area contributed by atoms with Gasteiger partial charge in [0.05, 0.1) is 0 Å². The molecule has 0 bridgehead atoms. The van der Waals surface area contributed by atoms with E-state index in [9.17, 15) is 18.0 Å². The van der Waals surface area contributed by atoms with E-state index in [2.05, 4.69) is 11.8 Å². The number of carbonyl (C=O) groups is 1. The van der Waals surface area contributed by atoms with Crippen LogP contribution in [0.4, 0.5) is 24.5 Å². The zero-order chi connectivity index (χ0) is 17.2. The standard InChI is InChI=1S/C17H23F3N2O/c1-4-21(16(23)17(18,19)20)14-8-9-15(12(2)11-14)22-10-6-5-7-13(22)3/h8-9,11,13H,4-7,10H2,1-3H3/t13-/m1/s1. The van der Waals surface area contributed by atoms with Crippen LogP contribution in [0, 0.1) is 6.92 Å². The molecule has 128 valence electrons. The summed E-state index contributed by atoms with van der Waals surface area (Å²) in [6.45, 7) is 6.53. The Morgan fingerprint density at radius 2 is 2.04 bits per heavy atom. The summed E-state index contributed by atoms with van der Waals surface area (Å²) in [4.78, 5) is 14.6. The van der Waals surface area contributed by atoms with Crippen molar-refractivity contribution in [1.29, 1.82) is 0 Å². The van der Waals surface area contributed by atoms with Gasteiger partial charge in [0.15, 0.2) is 0 Å². The topological polar surface area (TPSA) is 23.6 Å². The Morgan fingerprint density at radius 3 is 2.57 bits per heavy atom. The zero-order valence-corrected chi connectivity index (χ0v) is 13.8. The number of benzene rings is 1. The third-order valence-electron chi connectivity index (χ3n) is 4.41. The van der Waals surface area contributed by atoms with Crippen molar-refractivity contribution >= 4 is 17.3 Å². The average Bonchev–Trinajstić information content (AvgIpc) is 2.48. The van der Waals surface area contributed by atoms with Crippen molar-refractivity contribution in [2.24, 2.45) is 0 Å². The zero-order valence-electron chi connectivity index (χ0n) is 13.8. The van der Waals surface area contributed by atoms with Gasteiger partial charge in [-0.2, -0.15) is 13.2 Å². The molecule has 1 heterocycles. The van der Waals surface area contributed by atoms with Crippen LogP contribution in [-0.2, 0) is 4.79 Å². The van der Waals surface area contributed by atoms with E-state index < -0.39 is 12.1 Å². The Kier molecular flexibility index (Phi) is 5.22. The van der Waals surface area contributed by atoms with Gasteiger partial charge in [-0.05, 0) is 63.8 Å². The van der Waals surface area contributed by atoms with Gasteiger partial charge in [-0.25, -0.2) is 0 Å². The Balaban J connectivity index is 2.29. The van der Waals surface area contributed by atoms with Gasteiger partial charge in [0.2, 0.25) is 0 Å². The van der Waals surface area contributed by atoms with Crippen LogP contribution in [-0.4, -0.2) is 31.2 Å². The highest BCUT2D eigenvalue weighted by atomic mass is 19.4. The normalized spacial score (nSPS) is 18.9. The van der Waals surface area contributed by atoms with Gasteiger partial charge in [0.1, 0.15) is 0 Å². The third kappa shape index (κ3) is 3.79. The average molecular weight is 328 g/mol. The summed E-state index contributed by atoms with van der Waals surface area (Å²) in [5.74, 6) is -1.82. The van der Waals surface area contributed by atoms with Gasteiger partial charge in [-0.3, -0.25) is 4.79 Å². The molecule has 2 rings (SSSR count). The SMILES string of the molecule is CCN(C(=O)C(F)(F)F)c1ccc(N2CCCC[C@H]2C)c(C)c1. The minimum atomic E-state index is -4.86. The lowest BCUT2D eigenvalue weighted by Crippen LogP contribution is -2.41. The minimum absolute atomic E-state index is 0.0166. The monoisotopic (exact) mass is 328 g/mol. The lowest BCUT2D eigenvalue weighted by atomic mass is 10.0. The summed E-state index contributed by atoms with van der Waals surface area (Å²) >= 11 is 0. The maximum absolute atomic E-state index is 12.7. The number of nitrogens with zero attached hydrogens (tertiary/aromatic N) is 2. The first-order valence-electron chi connectivity index (χ1n) is 8.01. The van der Waals surface area contributed by atoms with Crippen molar-refractivity contribution in [3.8, 4) is 0 Å². The van der Waals surface area contributed by atoms with E-state index in [4.69, 9.17) is 0 Å². The number of hydrogen-bond acceptors (Lipinski definition) is 2. The van der Waals surface area contributed by atoms with Gasteiger partial charge in [0.25, 0.3) is 0 Å². The highest BCUT2D eigenvalue weighted by Crippen LogP contribution is 2.31. The van der Waals surface area contributed by atoms with E-state index in [-0.39, 0.29) is 6.54 Å². The van der Waals surface area contributed by atoms with E-state index in [0.29, 0.717) is 11.7 Å². The molecule has 1 fully saturated rings. The van der Waals surface area contributed by atoms with Crippen LogP contribution in [0.15, 0.2) is 18.2 Å². The molecule has 0 saturated carbocycles. The molecular formula is C17H23F3N2O. The molecule has 1 aromatic carbocycles. The van der Waals surface area contributed by atoms with Crippen molar-refractivity contribution in [2.45, 2.75) is 52.3 Å². The molecule has 6 heteroatoms. The lowest BCUT2D eigenvalue weighted by Gasteiger charge is -2.36. The fraction of sp³-hybridized carbons (Fsp3) is 0.588. The number of rotatable bonds is 3. The Labute approximate surface area is 135 Å². The molecular weight excluding hydrogens is 305 g/mol. The summed E-state index contributed by atoms with van der Waals surface area (Å²) in [6.07, 6.45) is -1.41. The van der Waals surface area contributed by atoms with E-state index in [1.54, 1.807) is 19.1 Å². The molecule has 1 saturated heterocycles.